The zero-order valence-corrected chi connectivity index (χ0v) is 15.2. The van der Waals surface area contributed by atoms with Crippen LogP contribution in [0.3, 0.4) is 0 Å². The van der Waals surface area contributed by atoms with Gasteiger partial charge >= 0.3 is 6.01 Å². The summed E-state index contributed by atoms with van der Waals surface area (Å²) >= 11 is 3.45. The van der Waals surface area contributed by atoms with Crippen LogP contribution in [0.5, 0.6) is 0 Å². The maximum Gasteiger partial charge on any atom is 0.318 e. The van der Waals surface area contributed by atoms with Crippen molar-refractivity contribution in [3.63, 3.8) is 0 Å². The predicted molar refractivity (Wildman–Crippen MR) is 92.5 cm³/mol. The lowest BCUT2D eigenvalue weighted by atomic mass is 9.90. The molecule has 0 aliphatic carbocycles. The first-order valence-corrected chi connectivity index (χ1v) is 8.76. The molecule has 1 aliphatic heterocycles. The van der Waals surface area contributed by atoms with Gasteiger partial charge in [0, 0.05) is 16.4 Å². The van der Waals surface area contributed by atoms with E-state index in [4.69, 9.17) is 4.42 Å². The van der Waals surface area contributed by atoms with Crippen LogP contribution >= 0.6 is 15.9 Å². The molecule has 0 amide bonds. The number of aliphatic hydroxyl groups excluding tert-OH is 1. The van der Waals surface area contributed by atoms with Crippen LogP contribution in [0.2, 0.25) is 0 Å². The number of benzene rings is 1. The SMILES string of the molecule is CCC(C)(C)c1nnc(N2CC[C@@H](O)[C@H]2c2ccc(Br)cc2)o1. The highest BCUT2D eigenvalue weighted by atomic mass is 79.9. The van der Waals surface area contributed by atoms with Gasteiger partial charge in [0.15, 0.2) is 0 Å². The first-order chi connectivity index (χ1) is 10.9. The Balaban J connectivity index is 1.91. The van der Waals surface area contributed by atoms with Crippen molar-refractivity contribution in [1.82, 2.24) is 10.2 Å². The van der Waals surface area contributed by atoms with Crippen molar-refractivity contribution in [2.24, 2.45) is 0 Å². The molecule has 124 valence electrons. The fourth-order valence-electron chi connectivity index (χ4n) is 2.81. The Morgan fingerprint density at radius 1 is 1.30 bits per heavy atom. The smallest absolute Gasteiger partial charge is 0.318 e. The first-order valence-electron chi connectivity index (χ1n) is 7.96. The molecule has 2 atom stereocenters. The van der Waals surface area contributed by atoms with Crippen molar-refractivity contribution >= 4 is 21.9 Å². The Kier molecular flexibility index (Phi) is 4.47. The average molecular weight is 380 g/mol. The molecule has 1 aliphatic rings. The molecular weight excluding hydrogens is 358 g/mol. The molecule has 3 rings (SSSR count). The molecule has 2 heterocycles. The maximum atomic E-state index is 10.4. The minimum Gasteiger partial charge on any atom is -0.407 e. The number of rotatable bonds is 4. The third-order valence-electron chi connectivity index (χ3n) is 4.70. The molecule has 1 N–H and O–H groups in total. The number of nitrogens with zero attached hydrogens (tertiary/aromatic N) is 3. The van der Waals surface area contributed by atoms with E-state index in [0.717, 1.165) is 16.5 Å². The molecule has 5 nitrogen and oxygen atoms in total. The van der Waals surface area contributed by atoms with E-state index < -0.39 is 6.10 Å². The Hall–Kier alpha value is -1.40. The Labute approximate surface area is 144 Å². The van der Waals surface area contributed by atoms with E-state index in [1.807, 2.05) is 29.2 Å². The number of halogens is 1. The highest BCUT2D eigenvalue weighted by Crippen LogP contribution is 2.37. The summed E-state index contributed by atoms with van der Waals surface area (Å²) in [7, 11) is 0. The second-order valence-electron chi connectivity index (χ2n) is 6.67. The number of aliphatic hydroxyl groups is 1. The third kappa shape index (κ3) is 3.15. The van der Waals surface area contributed by atoms with Gasteiger partial charge in [-0.25, -0.2) is 0 Å². The second kappa shape index (κ2) is 6.24. The predicted octanol–water partition coefficient (Wildman–Crippen LogP) is 3.83. The monoisotopic (exact) mass is 379 g/mol. The summed E-state index contributed by atoms with van der Waals surface area (Å²) in [4.78, 5) is 2.01. The van der Waals surface area contributed by atoms with Gasteiger partial charge in [-0.15, -0.1) is 5.10 Å². The molecule has 0 spiro atoms. The van der Waals surface area contributed by atoms with Crippen LogP contribution in [0.4, 0.5) is 6.01 Å². The highest BCUT2D eigenvalue weighted by molar-refractivity contribution is 9.10. The molecule has 6 heteroatoms. The van der Waals surface area contributed by atoms with Crippen molar-refractivity contribution in [2.45, 2.75) is 51.2 Å². The van der Waals surface area contributed by atoms with E-state index in [1.54, 1.807) is 0 Å². The minimum atomic E-state index is -0.439. The van der Waals surface area contributed by atoms with Crippen LogP contribution < -0.4 is 4.90 Å². The lowest BCUT2D eigenvalue weighted by molar-refractivity contribution is 0.164. The average Bonchev–Trinajstić information content (AvgIpc) is 3.15. The van der Waals surface area contributed by atoms with E-state index in [9.17, 15) is 5.11 Å². The van der Waals surface area contributed by atoms with Gasteiger partial charge in [-0.2, -0.15) is 0 Å². The number of anilines is 1. The highest BCUT2D eigenvalue weighted by Gasteiger charge is 2.38. The lowest BCUT2D eigenvalue weighted by Gasteiger charge is -2.25. The van der Waals surface area contributed by atoms with Gasteiger partial charge in [-0.1, -0.05) is 53.9 Å². The number of aromatic nitrogens is 2. The molecule has 23 heavy (non-hydrogen) atoms. The summed E-state index contributed by atoms with van der Waals surface area (Å²) < 4.78 is 6.95. The van der Waals surface area contributed by atoms with Crippen molar-refractivity contribution in [3.05, 3.63) is 40.2 Å². The lowest BCUT2D eigenvalue weighted by Crippen LogP contribution is -2.27. The van der Waals surface area contributed by atoms with Crippen LogP contribution in [0.1, 0.15) is 51.1 Å². The zero-order chi connectivity index (χ0) is 16.6. The van der Waals surface area contributed by atoms with E-state index in [1.165, 1.54) is 0 Å². The van der Waals surface area contributed by atoms with Gasteiger partial charge in [0.25, 0.3) is 0 Å². The molecule has 1 saturated heterocycles. The molecule has 2 aromatic rings. The van der Waals surface area contributed by atoms with Gasteiger partial charge in [0.05, 0.1) is 12.1 Å². The normalized spacial score (nSPS) is 21.9. The van der Waals surface area contributed by atoms with Crippen LogP contribution in [0, 0.1) is 0 Å². The Morgan fingerprint density at radius 3 is 2.65 bits per heavy atom. The Bertz CT molecular complexity index is 669. The van der Waals surface area contributed by atoms with Gasteiger partial charge in [-0.05, 0) is 30.5 Å². The van der Waals surface area contributed by atoms with E-state index in [-0.39, 0.29) is 11.5 Å². The zero-order valence-electron chi connectivity index (χ0n) is 13.7. The molecular formula is C17H22BrN3O2. The van der Waals surface area contributed by atoms with Crippen molar-refractivity contribution in [3.8, 4) is 0 Å². The van der Waals surface area contributed by atoms with Crippen molar-refractivity contribution < 1.29 is 9.52 Å². The fourth-order valence-corrected chi connectivity index (χ4v) is 3.07. The van der Waals surface area contributed by atoms with Gasteiger partial charge < -0.3 is 14.4 Å². The van der Waals surface area contributed by atoms with E-state index >= 15 is 0 Å². The summed E-state index contributed by atoms with van der Waals surface area (Å²) in [5.74, 6) is 0.644. The summed E-state index contributed by atoms with van der Waals surface area (Å²) in [6.07, 6.45) is 1.17. The van der Waals surface area contributed by atoms with Crippen LogP contribution in [-0.2, 0) is 5.41 Å². The Morgan fingerprint density at radius 2 is 2.00 bits per heavy atom. The summed E-state index contributed by atoms with van der Waals surface area (Å²) in [6.45, 7) is 6.99. The standard InChI is InChI=1S/C17H22BrN3O2/c1-4-17(2,3)15-19-20-16(23-15)21-10-9-13(22)14(21)11-5-7-12(18)8-6-11/h5-8,13-14,22H,4,9-10H2,1-3H3/t13-,14-/m1/s1. The summed E-state index contributed by atoms with van der Waals surface area (Å²) in [5.41, 5.74) is 0.907. The molecule has 0 bridgehead atoms. The fraction of sp³-hybridized carbons (Fsp3) is 0.529. The molecule has 1 aromatic carbocycles. The first kappa shape index (κ1) is 16.5. The maximum absolute atomic E-state index is 10.4. The molecule has 1 aromatic heterocycles. The van der Waals surface area contributed by atoms with E-state index in [0.29, 0.717) is 24.9 Å². The quantitative estimate of drug-likeness (QED) is 0.874. The topological polar surface area (TPSA) is 62.4 Å². The summed E-state index contributed by atoms with van der Waals surface area (Å²) in [6, 6.07) is 8.34. The largest absolute Gasteiger partial charge is 0.407 e. The van der Waals surface area contributed by atoms with E-state index in [2.05, 4.69) is 46.9 Å². The second-order valence-corrected chi connectivity index (χ2v) is 7.59. The number of hydrogen-bond donors (Lipinski definition) is 1. The minimum absolute atomic E-state index is 0.142. The van der Waals surface area contributed by atoms with Gasteiger partial charge in [0.1, 0.15) is 0 Å². The van der Waals surface area contributed by atoms with Gasteiger partial charge in [-0.3, -0.25) is 0 Å². The third-order valence-corrected chi connectivity index (χ3v) is 5.23. The molecule has 0 radical (unpaired) electrons. The van der Waals surface area contributed by atoms with Crippen LogP contribution in [0.25, 0.3) is 0 Å². The summed E-state index contributed by atoms with van der Waals surface area (Å²) in [5, 5.41) is 18.9. The van der Waals surface area contributed by atoms with Crippen LogP contribution in [-0.4, -0.2) is 28.0 Å². The van der Waals surface area contributed by atoms with Crippen molar-refractivity contribution in [2.75, 3.05) is 11.4 Å². The van der Waals surface area contributed by atoms with Crippen molar-refractivity contribution in [1.29, 1.82) is 0 Å². The molecule has 1 fully saturated rings. The van der Waals surface area contributed by atoms with Gasteiger partial charge in [0.2, 0.25) is 5.89 Å². The molecule has 0 unspecified atom stereocenters. The number of hydrogen-bond acceptors (Lipinski definition) is 5. The van der Waals surface area contributed by atoms with Crippen LogP contribution in [0.15, 0.2) is 33.2 Å². The molecule has 0 saturated carbocycles.